The fourth-order valence-corrected chi connectivity index (χ4v) is 4.85. The zero-order valence-corrected chi connectivity index (χ0v) is 15.0. The maximum absolute atomic E-state index is 12.3. The Hall–Kier alpha value is -2.06. The molecule has 0 aromatic carbocycles. The number of nitrogens with one attached hydrogen (secondary N) is 1. The maximum atomic E-state index is 12.3. The Morgan fingerprint density at radius 2 is 2.20 bits per heavy atom. The van der Waals surface area contributed by atoms with Crippen molar-refractivity contribution in [2.45, 2.75) is 30.9 Å². The van der Waals surface area contributed by atoms with Crippen molar-refractivity contribution in [3.05, 3.63) is 35.1 Å². The Kier molecular flexibility index (Phi) is 4.51. The third-order valence-corrected chi connectivity index (χ3v) is 6.13. The highest BCUT2D eigenvalue weighted by atomic mass is 32.2. The molecule has 25 heavy (non-hydrogen) atoms. The number of β-lactam (4-membered cyclic amide) rings is 1. The number of aliphatic hydroxyl groups excluding tert-OH is 1. The van der Waals surface area contributed by atoms with Crippen LogP contribution in [0.5, 0.6) is 0 Å². The molecule has 134 valence electrons. The number of hydrogen-bond donors (Lipinski definition) is 2. The van der Waals surface area contributed by atoms with E-state index in [1.54, 1.807) is 24.7 Å². The summed E-state index contributed by atoms with van der Waals surface area (Å²) in [6, 6.07) is 3.30. The van der Waals surface area contributed by atoms with Gasteiger partial charge in [0.15, 0.2) is 0 Å². The predicted molar refractivity (Wildman–Crippen MR) is 89.0 cm³/mol. The molecule has 2 aliphatic rings. The number of rotatable bonds is 5. The van der Waals surface area contributed by atoms with Crippen LogP contribution in [0.3, 0.4) is 0 Å². The van der Waals surface area contributed by atoms with E-state index < -0.39 is 18.0 Å². The summed E-state index contributed by atoms with van der Waals surface area (Å²) in [5, 5.41) is 29.5. The van der Waals surface area contributed by atoms with Crippen molar-refractivity contribution in [1.82, 2.24) is 9.47 Å². The van der Waals surface area contributed by atoms with Gasteiger partial charge in [-0.2, -0.15) is 0 Å². The number of thioether (sulfide) groups is 1. The van der Waals surface area contributed by atoms with Gasteiger partial charge in [0, 0.05) is 29.8 Å². The van der Waals surface area contributed by atoms with Crippen LogP contribution in [-0.2, 0) is 16.6 Å². The molecule has 2 N–H and O–H groups in total. The first-order valence-electron chi connectivity index (χ1n) is 8.04. The van der Waals surface area contributed by atoms with Crippen LogP contribution >= 0.6 is 11.8 Å². The number of carbonyl (C=O) groups excluding carboxylic acids is 2. The molecule has 1 aromatic heterocycles. The normalized spacial score (nSPS) is 26.5. The number of carbonyl (C=O) groups is 2. The minimum atomic E-state index is -1.37. The number of pyridine rings is 1. The highest BCUT2D eigenvalue weighted by molar-refractivity contribution is 7.99. The van der Waals surface area contributed by atoms with E-state index in [2.05, 4.69) is 0 Å². The van der Waals surface area contributed by atoms with E-state index in [1.807, 2.05) is 19.1 Å². The molecule has 7 nitrogen and oxygen atoms in total. The summed E-state index contributed by atoms with van der Waals surface area (Å²) in [5.41, 5.74) is 0.895. The Bertz CT molecular complexity index is 829. The van der Waals surface area contributed by atoms with Gasteiger partial charge in [-0.25, -0.2) is 0 Å². The number of fused-ring (bicyclic) bond motifs is 1. The molecule has 0 saturated carbocycles. The van der Waals surface area contributed by atoms with Gasteiger partial charge in [0.1, 0.15) is 5.49 Å². The first kappa shape index (κ1) is 17.8. The zero-order chi connectivity index (χ0) is 18.5. The zero-order valence-electron chi connectivity index (χ0n) is 14.2. The van der Waals surface area contributed by atoms with Crippen molar-refractivity contribution < 1.29 is 19.8 Å². The van der Waals surface area contributed by atoms with Gasteiger partial charge in [-0.3, -0.25) is 10.2 Å². The molecule has 0 aliphatic carbocycles. The second-order valence-electron chi connectivity index (χ2n) is 6.54. The van der Waals surface area contributed by atoms with Gasteiger partial charge in [-0.1, -0.05) is 6.92 Å². The van der Waals surface area contributed by atoms with Gasteiger partial charge >= 0.3 is 0 Å². The summed E-state index contributed by atoms with van der Waals surface area (Å²) in [4.78, 5) is 25.9. The number of aryl methyl sites for hydroxylation is 1. The van der Waals surface area contributed by atoms with E-state index in [0.29, 0.717) is 16.8 Å². The lowest BCUT2D eigenvalue weighted by molar-refractivity contribution is -0.301. The molecule has 8 heteroatoms. The van der Waals surface area contributed by atoms with Crippen molar-refractivity contribution >= 4 is 23.6 Å². The Balaban J connectivity index is 1.89. The van der Waals surface area contributed by atoms with Crippen molar-refractivity contribution in [1.29, 1.82) is 5.41 Å². The van der Waals surface area contributed by atoms with Gasteiger partial charge in [0.25, 0.3) is 0 Å². The summed E-state index contributed by atoms with van der Waals surface area (Å²) in [7, 11) is 1.77. The lowest BCUT2D eigenvalue weighted by Gasteiger charge is -2.47. The summed E-state index contributed by atoms with van der Waals surface area (Å²) < 4.78 is 1.68. The van der Waals surface area contributed by atoms with Crippen molar-refractivity contribution in [2.24, 2.45) is 18.9 Å². The SMILES string of the molecule is C[C@@H](O)[C@H]1C(=O)N2C(C(=O)[O-])=C(CSc3cccn(C)c3=N)[C@H](C)[C@H]12. The van der Waals surface area contributed by atoms with E-state index in [0.717, 1.165) is 4.90 Å². The van der Waals surface area contributed by atoms with Crippen molar-refractivity contribution in [3.8, 4) is 0 Å². The van der Waals surface area contributed by atoms with Crippen LogP contribution in [0.25, 0.3) is 0 Å². The van der Waals surface area contributed by atoms with E-state index in [-0.39, 0.29) is 23.6 Å². The van der Waals surface area contributed by atoms with Gasteiger partial charge in [-0.05, 0) is 24.6 Å². The Morgan fingerprint density at radius 1 is 1.52 bits per heavy atom. The number of amides is 1. The topological polar surface area (TPSA) is 109 Å². The van der Waals surface area contributed by atoms with E-state index in [1.165, 1.54) is 16.7 Å². The van der Waals surface area contributed by atoms with E-state index in [4.69, 9.17) is 5.41 Å². The van der Waals surface area contributed by atoms with Crippen LogP contribution in [0.2, 0.25) is 0 Å². The average Bonchev–Trinajstić information content (AvgIpc) is 2.77. The number of aliphatic carboxylic acids is 1. The minimum absolute atomic E-state index is 0.0706. The summed E-state index contributed by atoms with van der Waals surface area (Å²) >= 11 is 1.37. The summed E-state index contributed by atoms with van der Waals surface area (Å²) in [6.45, 7) is 3.42. The second kappa shape index (κ2) is 6.34. The number of aliphatic hydroxyl groups is 1. The van der Waals surface area contributed by atoms with Crippen LogP contribution in [0.1, 0.15) is 13.8 Å². The third kappa shape index (κ3) is 2.69. The van der Waals surface area contributed by atoms with Crippen molar-refractivity contribution in [2.75, 3.05) is 5.75 Å². The first-order chi connectivity index (χ1) is 11.8. The fourth-order valence-electron chi connectivity index (χ4n) is 3.68. The molecule has 0 spiro atoms. The number of carboxylic acid groups (broad SMARTS) is 1. The fraction of sp³-hybridized carbons (Fsp3) is 0.471. The van der Waals surface area contributed by atoms with Crippen LogP contribution in [0, 0.1) is 17.2 Å². The molecule has 1 aromatic rings. The molecule has 3 rings (SSSR count). The number of hydrogen-bond acceptors (Lipinski definition) is 6. The lowest BCUT2D eigenvalue weighted by Crippen LogP contribution is -2.64. The first-order valence-corrected chi connectivity index (χ1v) is 9.02. The smallest absolute Gasteiger partial charge is 0.235 e. The second-order valence-corrected chi connectivity index (χ2v) is 7.55. The molecular weight excluding hydrogens is 342 g/mol. The molecule has 1 amide bonds. The van der Waals surface area contributed by atoms with Gasteiger partial charge < -0.3 is 24.5 Å². The Morgan fingerprint density at radius 3 is 2.80 bits per heavy atom. The minimum Gasteiger partial charge on any atom is -0.543 e. The predicted octanol–water partition coefficient (Wildman–Crippen LogP) is -0.542. The molecule has 3 heterocycles. The standard InChI is InChI=1S/C17H21N3O4S/c1-8-10(7-25-11-5-4-6-19(3)15(11)18)14(17(23)24)20-13(8)12(9(2)21)16(20)22/h4-6,8-9,12-13,18,21H,7H2,1-3H3,(H,23,24)/p-1/t8-,9+,12+,13+/m0/s1. The van der Waals surface area contributed by atoms with Gasteiger partial charge in [0.2, 0.25) is 5.91 Å². The number of nitrogens with zero attached hydrogens (tertiary/aromatic N) is 2. The largest absolute Gasteiger partial charge is 0.543 e. The lowest BCUT2D eigenvalue weighted by atomic mass is 9.78. The molecule has 4 atom stereocenters. The van der Waals surface area contributed by atoms with E-state index in [9.17, 15) is 19.8 Å². The molecule has 1 fully saturated rings. The molecule has 0 unspecified atom stereocenters. The molecular formula is C17H20N3O4S-. The summed E-state index contributed by atoms with van der Waals surface area (Å²) in [6.07, 6.45) is 0.952. The highest BCUT2D eigenvalue weighted by Gasteiger charge is 2.58. The summed E-state index contributed by atoms with van der Waals surface area (Å²) in [5.74, 6) is -2.13. The molecule has 2 aliphatic heterocycles. The third-order valence-electron chi connectivity index (χ3n) is 5.04. The average molecular weight is 362 g/mol. The molecule has 0 radical (unpaired) electrons. The number of aromatic nitrogens is 1. The molecule has 0 bridgehead atoms. The number of carboxylic acids is 1. The van der Waals surface area contributed by atoms with Crippen molar-refractivity contribution in [3.63, 3.8) is 0 Å². The van der Waals surface area contributed by atoms with Crippen LogP contribution in [0.15, 0.2) is 34.5 Å². The van der Waals surface area contributed by atoms with Crippen LogP contribution in [0.4, 0.5) is 0 Å². The highest BCUT2D eigenvalue weighted by Crippen LogP contribution is 2.47. The van der Waals surface area contributed by atoms with E-state index >= 15 is 0 Å². The Labute approximate surface area is 149 Å². The monoisotopic (exact) mass is 362 g/mol. The van der Waals surface area contributed by atoms with Crippen LogP contribution < -0.4 is 10.6 Å². The van der Waals surface area contributed by atoms with Crippen LogP contribution in [-0.4, -0.2) is 44.3 Å². The maximum Gasteiger partial charge on any atom is 0.235 e. The quantitative estimate of drug-likeness (QED) is 0.540. The molecule has 1 saturated heterocycles. The van der Waals surface area contributed by atoms with Gasteiger partial charge in [0.05, 0.1) is 29.7 Å². The van der Waals surface area contributed by atoms with Gasteiger partial charge in [-0.15, -0.1) is 11.8 Å².